The lowest BCUT2D eigenvalue weighted by Crippen LogP contribution is -2.17. The number of hydrogen-bond acceptors (Lipinski definition) is 3. The predicted molar refractivity (Wildman–Crippen MR) is 76.7 cm³/mol. The Morgan fingerprint density at radius 3 is 2.68 bits per heavy atom. The van der Waals surface area contributed by atoms with Gasteiger partial charge in [-0.25, -0.2) is 0 Å². The zero-order valence-corrected chi connectivity index (χ0v) is 11.1. The van der Waals surface area contributed by atoms with Crippen molar-refractivity contribution in [2.45, 2.75) is 25.8 Å². The van der Waals surface area contributed by atoms with E-state index in [1.807, 2.05) is 43.3 Å². The molecule has 2 aromatic carbocycles. The second-order valence-electron chi connectivity index (χ2n) is 4.64. The van der Waals surface area contributed by atoms with Crippen LogP contribution in [0.15, 0.2) is 42.5 Å². The number of hydrogen-bond donors (Lipinski definition) is 1. The number of ether oxygens (including phenoxy) is 1. The fraction of sp³-hybridized carbons (Fsp3) is 0.312. The van der Waals surface area contributed by atoms with Crippen LogP contribution in [0.4, 0.5) is 0 Å². The minimum absolute atomic E-state index is 0.221. The Kier molecular flexibility index (Phi) is 4.53. The summed E-state index contributed by atoms with van der Waals surface area (Å²) in [5.41, 5.74) is 7.02. The van der Waals surface area contributed by atoms with Crippen LogP contribution < -0.4 is 5.73 Å². The van der Waals surface area contributed by atoms with E-state index in [4.69, 9.17) is 10.5 Å². The predicted octanol–water partition coefficient (Wildman–Crippen LogP) is 3.18. The van der Waals surface area contributed by atoms with Gasteiger partial charge in [-0.15, -0.1) is 0 Å². The van der Waals surface area contributed by atoms with Crippen molar-refractivity contribution < 1.29 is 9.53 Å². The quantitative estimate of drug-likeness (QED) is 0.837. The summed E-state index contributed by atoms with van der Waals surface area (Å²) >= 11 is 0. The topological polar surface area (TPSA) is 52.3 Å². The van der Waals surface area contributed by atoms with Gasteiger partial charge in [-0.05, 0) is 28.8 Å². The van der Waals surface area contributed by atoms with Gasteiger partial charge >= 0.3 is 5.97 Å². The van der Waals surface area contributed by atoms with Crippen molar-refractivity contribution in [3.05, 3.63) is 48.0 Å². The van der Waals surface area contributed by atoms with Crippen molar-refractivity contribution in [1.82, 2.24) is 0 Å². The molecule has 19 heavy (non-hydrogen) atoms. The van der Waals surface area contributed by atoms with Crippen LogP contribution in [0.2, 0.25) is 0 Å². The average molecular weight is 257 g/mol. The number of nitrogens with two attached hydrogens (primary N) is 1. The van der Waals surface area contributed by atoms with Crippen molar-refractivity contribution in [2.24, 2.45) is 5.73 Å². The van der Waals surface area contributed by atoms with E-state index in [0.29, 0.717) is 6.61 Å². The van der Waals surface area contributed by atoms with E-state index in [0.717, 1.165) is 17.4 Å². The van der Waals surface area contributed by atoms with Gasteiger partial charge in [0.05, 0.1) is 13.0 Å². The van der Waals surface area contributed by atoms with Gasteiger partial charge < -0.3 is 10.5 Å². The van der Waals surface area contributed by atoms with Gasteiger partial charge in [0.1, 0.15) is 0 Å². The molecule has 0 amide bonds. The molecule has 0 fully saturated rings. The van der Waals surface area contributed by atoms with E-state index in [1.165, 1.54) is 5.39 Å². The van der Waals surface area contributed by atoms with Crippen molar-refractivity contribution in [3.8, 4) is 0 Å². The van der Waals surface area contributed by atoms with Crippen LogP contribution in [0.5, 0.6) is 0 Å². The molecule has 1 unspecified atom stereocenters. The number of rotatable bonds is 5. The van der Waals surface area contributed by atoms with Gasteiger partial charge in [0.25, 0.3) is 0 Å². The molecule has 0 radical (unpaired) electrons. The first-order chi connectivity index (χ1) is 9.20. The highest BCUT2D eigenvalue weighted by atomic mass is 16.5. The molecule has 0 aliphatic heterocycles. The highest BCUT2D eigenvalue weighted by Crippen LogP contribution is 2.21. The minimum Gasteiger partial charge on any atom is -0.466 e. The second kappa shape index (κ2) is 6.34. The second-order valence-corrected chi connectivity index (χ2v) is 4.64. The van der Waals surface area contributed by atoms with E-state index in [2.05, 4.69) is 6.07 Å². The van der Waals surface area contributed by atoms with Crippen molar-refractivity contribution in [2.75, 3.05) is 6.61 Å². The molecule has 3 heteroatoms. The fourth-order valence-corrected chi connectivity index (χ4v) is 2.01. The Balaban J connectivity index is 2.08. The lowest BCUT2D eigenvalue weighted by atomic mass is 10.0. The molecule has 0 bridgehead atoms. The van der Waals surface area contributed by atoms with E-state index in [1.54, 1.807) is 0 Å². The number of esters is 1. The highest BCUT2D eigenvalue weighted by Gasteiger charge is 2.12. The van der Waals surface area contributed by atoms with Crippen molar-refractivity contribution >= 4 is 16.7 Å². The standard InChI is InChI=1S/C16H19NO2/c1-2-9-19-16(18)11-15(17)14-8-7-12-5-3-4-6-13(12)10-14/h3-8,10,15H,2,9,11,17H2,1H3. The Hall–Kier alpha value is -1.87. The monoisotopic (exact) mass is 257 g/mol. The van der Waals surface area contributed by atoms with Crippen molar-refractivity contribution in [1.29, 1.82) is 0 Å². The molecule has 100 valence electrons. The fourth-order valence-electron chi connectivity index (χ4n) is 2.01. The molecule has 0 aromatic heterocycles. The maximum absolute atomic E-state index is 11.5. The molecule has 0 aliphatic carbocycles. The van der Waals surface area contributed by atoms with Gasteiger partial charge in [-0.2, -0.15) is 0 Å². The Morgan fingerprint density at radius 2 is 1.95 bits per heavy atom. The maximum Gasteiger partial charge on any atom is 0.307 e. The highest BCUT2D eigenvalue weighted by molar-refractivity contribution is 5.83. The molecule has 2 rings (SSSR count). The first kappa shape index (κ1) is 13.6. The molecule has 2 aromatic rings. The third-order valence-electron chi connectivity index (χ3n) is 3.06. The van der Waals surface area contributed by atoms with Crippen LogP contribution in [0.3, 0.4) is 0 Å². The van der Waals surface area contributed by atoms with E-state index < -0.39 is 0 Å². The van der Waals surface area contributed by atoms with Gasteiger partial charge in [0.2, 0.25) is 0 Å². The van der Waals surface area contributed by atoms with Gasteiger partial charge in [-0.3, -0.25) is 4.79 Å². The SMILES string of the molecule is CCCOC(=O)CC(N)c1ccc2ccccc2c1. The molecular weight excluding hydrogens is 238 g/mol. The maximum atomic E-state index is 11.5. The van der Waals surface area contributed by atoms with Crippen LogP contribution in [0.1, 0.15) is 31.4 Å². The Bertz CT molecular complexity index is 565. The van der Waals surface area contributed by atoms with Gasteiger partial charge in [0, 0.05) is 6.04 Å². The molecule has 1 atom stereocenters. The van der Waals surface area contributed by atoms with Crippen LogP contribution in [-0.2, 0) is 9.53 Å². The molecule has 0 spiro atoms. The van der Waals surface area contributed by atoms with Crippen LogP contribution in [0, 0.1) is 0 Å². The zero-order valence-electron chi connectivity index (χ0n) is 11.1. The summed E-state index contributed by atoms with van der Waals surface area (Å²) in [7, 11) is 0. The van der Waals surface area contributed by atoms with Gasteiger partial charge in [-0.1, -0.05) is 43.3 Å². The molecule has 3 nitrogen and oxygen atoms in total. The minimum atomic E-state index is -0.311. The third kappa shape index (κ3) is 3.55. The summed E-state index contributed by atoms with van der Waals surface area (Å²) in [6.45, 7) is 2.43. The summed E-state index contributed by atoms with van der Waals surface area (Å²) in [4.78, 5) is 11.5. The number of benzene rings is 2. The summed E-state index contributed by atoms with van der Waals surface area (Å²) in [5, 5.41) is 2.31. The van der Waals surface area contributed by atoms with Crippen LogP contribution in [0.25, 0.3) is 10.8 Å². The van der Waals surface area contributed by atoms with E-state index in [9.17, 15) is 4.79 Å². The first-order valence-electron chi connectivity index (χ1n) is 6.60. The number of fused-ring (bicyclic) bond motifs is 1. The summed E-state index contributed by atoms with van der Waals surface area (Å²) in [6, 6.07) is 13.8. The number of carbonyl (C=O) groups is 1. The lowest BCUT2D eigenvalue weighted by molar-refractivity contribution is -0.144. The Labute approximate surface area is 113 Å². The smallest absolute Gasteiger partial charge is 0.307 e. The largest absolute Gasteiger partial charge is 0.466 e. The third-order valence-corrected chi connectivity index (χ3v) is 3.06. The summed E-state index contributed by atoms with van der Waals surface area (Å²) in [5.74, 6) is -0.234. The lowest BCUT2D eigenvalue weighted by Gasteiger charge is -2.12. The molecular formula is C16H19NO2. The van der Waals surface area contributed by atoms with Gasteiger partial charge in [0.15, 0.2) is 0 Å². The summed E-state index contributed by atoms with van der Waals surface area (Å²) in [6.07, 6.45) is 1.05. The Morgan fingerprint density at radius 1 is 1.21 bits per heavy atom. The number of carbonyl (C=O) groups excluding carboxylic acids is 1. The molecule has 0 saturated carbocycles. The normalized spacial score (nSPS) is 12.3. The summed E-state index contributed by atoms with van der Waals surface area (Å²) < 4.78 is 5.05. The molecule has 2 N–H and O–H groups in total. The van der Waals surface area contributed by atoms with Crippen LogP contribution in [-0.4, -0.2) is 12.6 Å². The van der Waals surface area contributed by atoms with E-state index in [-0.39, 0.29) is 18.4 Å². The average Bonchev–Trinajstić information content (AvgIpc) is 2.44. The van der Waals surface area contributed by atoms with E-state index >= 15 is 0 Å². The van der Waals surface area contributed by atoms with Crippen LogP contribution >= 0.6 is 0 Å². The van der Waals surface area contributed by atoms with Crippen molar-refractivity contribution in [3.63, 3.8) is 0 Å². The molecule has 0 aliphatic rings. The molecule has 0 saturated heterocycles. The zero-order chi connectivity index (χ0) is 13.7. The molecule has 0 heterocycles. The first-order valence-corrected chi connectivity index (χ1v) is 6.60.